The summed E-state index contributed by atoms with van der Waals surface area (Å²) in [6.45, 7) is 0. The second kappa shape index (κ2) is 3.72. The highest BCUT2D eigenvalue weighted by molar-refractivity contribution is 9.10. The molecule has 0 fully saturated rings. The van der Waals surface area contributed by atoms with Crippen LogP contribution in [0.3, 0.4) is 0 Å². The number of nitrogens with one attached hydrogen (secondary N) is 1. The average Bonchev–Trinajstić information content (AvgIpc) is 2.57. The van der Waals surface area contributed by atoms with Crippen LogP contribution in [0.2, 0.25) is 0 Å². The average molecular weight is 261 g/mol. The van der Waals surface area contributed by atoms with E-state index in [0.29, 0.717) is 22.2 Å². The van der Waals surface area contributed by atoms with Gasteiger partial charge >= 0.3 is 0 Å². The van der Waals surface area contributed by atoms with Crippen molar-refractivity contribution in [2.75, 3.05) is 0 Å². The molecule has 0 unspecified atom stereocenters. The lowest BCUT2D eigenvalue weighted by atomic mass is 10.1. The summed E-state index contributed by atoms with van der Waals surface area (Å²) in [4.78, 5) is 7.12. The maximum atomic E-state index is 8.94. The third kappa shape index (κ3) is 1.70. The van der Waals surface area contributed by atoms with Crippen LogP contribution >= 0.6 is 15.9 Å². The van der Waals surface area contributed by atoms with Gasteiger partial charge in [0.1, 0.15) is 11.6 Å². The van der Waals surface area contributed by atoms with Crippen LogP contribution in [0.15, 0.2) is 16.9 Å². The van der Waals surface area contributed by atoms with Crippen molar-refractivity contribution in [1.29, 1.82) is 10.5 Å². The van der Waals surface area contributed by atoms with Gasteiger partial charge in [0.2, 0.25) is 0 Å². The summed E-state index contributed by atoms with van der Waals surface area (Å²) in [5.41, 5.74) is 2.70. The minimum Gasteiger partial charge on any atom is -0.332 e. The van der Waals surface area contributed by atoms with Crippen molar-refractivity contribution >= 4 is 27.0 Å². The summed E-state index contributed by atoms with van der Waals surface area (Å²) in [6, 6.07) is 7.64. The minimum atomic E-state index is 0.293. The van der Waals surface area contributed by atoms with Gasteiger partial charge in [-0.05, 0) is 33.6 Å². The number of fused-ring (bicyclic) bond motifs is 1. The van der Waals surface area contributed by atoms with Gasteiger partial charge in [0.05, 0.1) is 23.6 Å². The molecular weight excluding hydrogens is 256 g/mol. The third-order valence-electron chi connectivity index (χ3n) is 2.02. The van der Waals surface area contributed by atoms with Crippen LogP contribution in [-0.2, 0) is 6.42 Å². The minimum absolute atomic E-state index is 0.293. The lowest BCUT2D eigenvalue weighted by Crippen LogP contribution is -1.86. The van der Waals surface area contributed by atoms with E-state index in [1.165, 1.54) is 0 Å². The fourth-order valence-electron chi connectivity index (χ4n) is 1.43. The number of nitrogens with zero attached hydrogens (tertiary/aromatic N) is 3. The Labute approximate surface area is 94.3 Å². The van der Waals surface area contributed by atoms with Crippen molar-refractivity contribution < 1.29 is 0 Å². The molecule has 1 N–H and O–H groups in total. The van der Waals surface area contributed by atoms with E-state index in [4.69, 9.17) is 10.5 Å². The lowest BCUT2D eigenvalue weighted by Gasteiger charge is -1.96. The summed E-state index contributed by atoms with van der Waals surface area (Å²) >= 11 is 3.21. The van der Waals surface area contributed by atoms with E-state index in [2.05, 4.69) is 38.0 Å². The van der Waals surface area contributed by atoms with Gasteiger partial charge in [0.15, 0.2) is 4.73 Å². The summed E-state index contributed by atoms with van der Waals surface area (Å²) in [5.74, 6) is 0. The Morgan fingerprint density at radius 2 is 2.20 bits per heavy atom. The van der Waals surface area contributed by atoms with E-state index in [1.807, 2.05) is 6.07 Å². The zero-order valence-corrected chi connectivity index (χ0v) is 9.17. The quantitative estimate of drug-likeness (QED) is 0.855. The second-order valence-electron chi connectivity index (χ2n) is 3.01. The molecule has 0 amide bonds. The lowest BCUT2D eigenvalue weighted by molar-refractivity contribution is 1.26. The number of benzene rings is 1. The van der Waals surface area contributed by atoms with Crippen LogP contribution in [0.25, 0.3) is 11.0 Å². The number of H-pyrrole nitrogens is 1. The molecular formula is C10H5BrN4. The molecule has 1 aromatic heterocycles. The Morgan fingerprint density at radius 3 is 2.87 bits per heavy atom. The zero-order chi connectivity index (χ0) is 10.8. The topological polar surface area (TPSA) is 76.3 Å². The number of hydrogen-bond acceptors (Lipinski definition) is 3. The highest BCUT2D eigenvalue weighted by Crippen LogP contribution is 2.21. The Balaban J connectivity index is 2.73. The number of halogens is 1. The van der Waals surface area contributed by atoms with Crippen LogP contribution in [0.5, 0.6) is 0 Å². The highest BCUT2D eigenvalue weighted by atomic mass is 79.9. The van der Waals surface area contributed by atoms with Gasteiger partial charge in [-0.2, -0.15) is 10.5 Å². The number of aromatic amines is 1. The third-order valence-corrected chi connectivity index (χ3v) is 2.40. The van der Waals surface area contributed by atoms with Crippen LogP contribution in [0.1, 0.15) is 11.1 Å². The first kappa shape index (κ1) is 9.70. The van der Waals surface area contributed by atoms with Gasteiger partial charge < -0.3 is 4.98 Å². The monoisotopic (exact) mass is 260 g/mol. The standard InChI is InChI=1S/C10H5BrN4/c11-10-14-8-4-6(1-2-12)3-7(5-13)9(8)15-10/h3-4H,1H2,(H,14,15). The molecule has 0 aliphatic rings. The van der Waals surface area contributed by atoms with Crippen LogP contribution < -0.4 is 0 Å². The zero-order valence-electron chi connectivity index (χ0n) is 7.58. The van der Waals surface area contributed by atoms with Crippen molar-refractivity contribution in [3.8, 4) is 12.1 Å². The molecule has 0 radical (unpaired) electrons. The molecule has 0 saturated heterocycles. The SMILES string of the molecule is N#CCc1cc(C#N)c2nc(Br)[nH]c2c1. The fourth-order valence-corrected chi connectivity index (χ4v) is 1.82. The Kier molecular flexibility index (Phi) is 2.40. The van der Waals surface area contributed by atoms with Crippen molar-refractivity contribution in [1.82, 2.24) is 9.97 Å². The number of rotatable bonds is 1. The molecule has 4 nitrogen and oxygen atoms in total. The maximum absolute atomic E-state index is 8.94. The molecule has 0 bridgehead atoms. The molecule has 72 valence electrons. The Bertz CT molecular complexity index is 600. The second-order valence-corrected chi connectivity index (χ2v) is 3.76. The molecule has 1 heterocycles. The van der Waals surface area contributed by atoms with Gasteiger partial charge in [-0.15, -0.1) is 0 Å². The number of imidazole rings is 1. The van der Waals surface area contributed by atoms with Crippen molar-refractivity contribution in [3.05, 3.63) is 28.0 Å². The first-order valence-electron chi connectivity index (χ1n) is 4.20. The summed E-state index contributed by atoms with van der Waals surface area (Å²) < 4.78 is 0.586. The maximum Gasteiger partial charge on any atom is 0.175 e. The van der Waals surface area contributed by atoms with Gasteiger partial charge in [0, 0.05) is 0 Å². The van der Waals surface area contributed by atoms with Crippen LogP contribution in [0, 0.1) is 22.7 Å². The first-order valence-corrected chi connectivity index (χ1v) is 4.99. The van der Waals surface area contributed by atoms with E-state index >= 15 is 0 Å². The van der Waals surface area contributed by atoms with Crippen molar-refractivity contribution in [2.24, 2.45) is 0 Å². The first-order chi connectivity index (χ1) is 7.24. The summed E-state index contributed by atoms with van der Waals surface area (Å²) in [5, 5.41) is 17.5. The van der Waals surface area contributed by atoms with Gasteiger partial charge in [-0.1, -0.05) is 0 Å². The summed E-state index contributed by atoms with van der Waals surface area (Å²) in [6.07, 6.45) is 0.293. The number of hydrogen-bond donors (Lipinski definition) is 1. The largest absolute Gasteiger partial charge is 0.332 e. The molecule has 2 rings (SSSR count). The van der Waals surface area contributed by atoms with Crippen LogP contribution in [0.4, 0.5) is 0 Å². The Hall–Kier alpha value is -1.85. The van der Waals surface area contributed by atoms with E-state index in [9.17, 15) is 0 Å². The van der Waals surface area contributed by atoms with E-state index < -0.39 is 0 Å². The van der Waals surface area contributed by atoms with E-state index in [-0.39, 0.29) is 0 Å². The summed E-state index contributed by atoms with van der Waals surface area (Å²) in [7, 11) is 0. The molecule has 0 saturated carbocycles. The van der Waals surface area contributed by atoms with Crippen molar-refractivity contribution in [3.63, 3.8) is 0 Å². The molecule has 5 heteroatoms. The highest BCUT2D eigenvalue weighted by Gasteiger charge is 2.07. The molecule has 0 aliphatic heterocycles. The fraction of sp³-hybridized carbons (Fsp3) is 0.100. The molecule has 1 aromatic carbocycles. The molecule has 2 aromatic rings. The predicted molar refractivity (Wildman–Crippen MR) is 57.8 cm³/mol. The smallest absolute Gasteiger partial charge is 0.175 e. The molecule has 15 heavy (non-hydrogen) atoms. The number of nitriles is 2. The van der Waals surface area contributed by atoms with E-state index in [1.54, 1.807) is 6.07 Å². The normalized spacial score (nSPS) is 9.80. The van der Waals surface area contributed by atoms with Crippen molar-refractivity contribution in [2.45, 2.75) is 6.42 Å². The van der Waals surface area contributed by atoms with E-state index in [0.717, 1.165) is 11.1 Å². The van der Waals surface area contributed by atoms with Gasteiger partial charge in [-0.25, -0.2) is 4.98 Å². The predicted octanol–water partition coefficient (Wildman–Crippen LogP) is 2.26. The number of aromatic nitrogens is 2. The molecule has 0 atom stereocenters. The van der Waals surface area contributed by atoms with Crippen LogP contribution in [-0.4, -0.2) is 9.97 Å². The van der Waals surface area contributed by atoms with Gasteiger partial charge in [-0.3, -0.25) is 0 Å². The van der Waals surface area contributed by atoms with Gasteiger partial charge in [0.25, 0.3) is 0 Å². The Morgan fingerprint density at radius 1 is 1.40 bits per heavy atom. The molecule has 0 spiro atoms. The molecule has 0 aliphatic carbocycles.